The summed E-state index contributed by atoms with van der Waals surface area (Å²) in [5, 5.41) is 18.0. The quantitative estimate of drug-likeness (QED) is 0.458. The number of rotatable bonds is 8. The van der Waals surface area contributed by atoms with E-state index in [9.17, 15) is 18.9 Å². The Morgan fingerprint density at radius 1 is 0.724 bits per heavy atom. The van der Waals surface area contributed by atoms with E-state index in [1.807, 2.05) is 0 Å². The van der Waals surface area contributed by atoms with Gasteiger partial charge in [0, 0.05) is 12.3 Å². The summed E-state index contributed by atoms with van der Waals surface area (Å²) < 4.78 is 31.7. The molecule has 0 saturated heterocycles. The molecular weight excluding hydrogens is 430 g/mol. The number of hydrogen-bond acceptors (Lipinski definition) is 8. The molecule has 2 aromatic rings. The molecule has 2 N–H and O–H groups in total. The minimum atomic E-state index is -3.76. The molecule has 8 nitrogen and oxygen atoms in total. The Bertz CT molecular complexity index is 742. The normalized spacial score (nSPS) is 14.5. The molecule has 29 heavy (non-hydrogen) atoms. The van der Waals surface area contributed by atoms with Crippen LogP contribution in [-0.4, -0.2) is 46.5 Å². The van der Waals surface area contributed by atoms with E-state index in [2.05, 4.69) is 9.05 Å². The van der Waals surface area contributed by atoms with E-state index in [0.29, 0.717) is 11.1 Å². The molecule has 0 aliphatic heterocycles. The van der Waals surface area contributed by atoms with Crippen LogP contribution in [0.15, 0.2) is 48.5 Å². The fourth-order valence-corrected chi connectivity index (χ4v) is 4.42. The van der Waals surface area contributed by atoms with Crippen molar-refractivity contribution in [3.8, 4) is 11.5 Å². The van der Waals surface area contributed by atoms with Crippen molar-refractivity contribution < 1.29 is 38.2 Å². The number of hydrogen-bond donors (Lipinski definition) is 2. The Balaban J connectivity index is 0.000000523. The van der Waals surface area contributed by atoms with Gasteiger partial charge in [-0.1, -0.05) is 24.3 Å². The topological polar surface area (TPSA) is 139 Å². The summed E-state index contributed by atoms with van der Waals surface area (Å²) in [6, 6.07) is 12.0. The predicted octanol–water partition coefficient (Wildman–Crippen LogP) is 2.58. The maximum absolute atomic E-state index is 11.2. The van der Waals surface area contributed by atoms with E-state index in [0.717, 1.165) is 0 Å². The van der Waals surface area contributed by atoms with Crippen molar-refractivity contribution in [2.75, 3.05) is 13.2 Å². The molecule has 2 unspecified atom stereocenters. The zero-order valence-electron chi connectivity index (χ0n) is 16.4. The minimum Gasteiger partial charge on any atom is -0.778 e. The fourth-order valence-electron chi connectivity index (χ4n) is 2.13. The summed E-state index contributed by atoms with van der Waals surface area (Å²) in [7, 11) is -7.52. The summed E-state index contributed by atoms with van der Waals surface area (Å²) in [6.45, 7) is 3.56. The van der Waals surface area contributed by atoms with Crippen LogP contribution in [0.3, 0.4) is 0 Å². The SMILES string of the molecule is CCOP(=O)([O-])Cc1ccc(O)cc1.CCOP(=O)([O-])Cc1ccc(O)cc1.[Mg+2]. The molecule has 0 fully saturated rings. The predicted molar refractivity (Wildman–Crippen MR) is 108 cm³/mol. The molecule has 0 aromatic heterocycles. The first-order valence-electron chi connectivity index (χ1n) is 8.52. The largest absolute Gasteiger partial charge is 2.00 e. The van der Waals surface area contributed by atoms with E-state index in [-0.39, 0.29) is 60.1 Å². The molecule has 0 radical (unpaired) electrons. The third-order valence-electron chi connectivity index (χ3n) is 3.28. The van der Waals surface area contributed by atoms with Crippen LogP contribution in [0.25, 0.3) is 0 Å². The molecule has 156 valence electrons. The molecule has 2 atom stereocenters. The van der Waals surface area contributed by atoms with Crippen molar-refractivity contribution in [2.45, 2.75) is 26.2 Å². The van der Waals surface area contributed by atoms with Crippen LogP contribution in [0, 0.1) is 0 Å². The molecule has 0 bridgehead atoms. The van der Waals surface area contributed by atoms with Gasteiger partial charge in [0.2, 0.25) is 0 Å². The third-order valence-corrected chi connectivity index (χ3v) is 6.08. The van der Waals surface area contributed by atoms with Gasteiger partial charge in [-0.15, -0.1) is 0 Å². The van der Waals surface area contributed by atoms with Gasteiger partial charge in [-0.3, -0.25) is 0 Å². The molecule has 0 amide bonds. The summed E-state index contributed by atoms with van der Waals surface area (Å²) in [4.78, 5) is 22.5. The molecular formula is C18H24MgO8P2. The Hall–Kier alpha value is -0.894. The van der Waals surface area contributed by atoms with Crippen LogP contribution in [-0.2, 0) is 30.5 Å². The van der Waals surface area contributed by atoms with Crippen molar-refractivity contribution in [3.63, 3.8) is 0 Å². The van der Waals surface area contributed by atoms with Gasteiger partial charge in [-0.25, -0.2) is 0 Å². The first kappa shape index (κ1) is 28.1. The number of benzene rings is 2. The van der Waals surface area contributed by atoms with Crippen LogP contribution in [0.2, 0.25) is 0 Å². The van der Waals surface area contributed by atoms with Gasteiger partial charge < -0.3 is 38.2 Å². The molecule has 0 aliphatic rings. The van der Waals surface area contributed by atoms with Gasteiger partial charge in [0.1, 0.15) is 26.7 Å². The number of phenols is 2. The molecule has 0 heterocycles. The molecule has 0 saturated carbocycles. The summed E-state index contributed by atoms with van der Waals surface area (Å²) in [5.74, 6) is 0.233. The maximum atomic E-state index is 11.2. The standard InChI is InChI=1S/2C9H13O4P.Mg/c2*1-2-13-14(11,12)7-8-3-5-9(10)6-4-8;/h2*3-6,10H,2,7H2,1H3,(H,11,12);/q;;+2/p-2. The van der Waals surface area contributed by atoms with Gasteiger partial charge in [0.05, 0.1) is 13.2 Å². The van der Waals surface area contributed by atoms with E-state index >= 15 is 0 Å². The first-order chi connectivity index (χ1) is 13.1. The second-order valence-electron chi connectivity index (χ2n) is 5.71. The number of aromatic hydroxyl groups is 2. The Morgan fingerprint density at radius 3 is 1.24 bits per heavy atom. The Kier molecular flexibility index (Phi) is 13.0. The second kappa shape index (κ2) is 13.4. The van der Waals surface area contributed by atoms with Crippen LogP contribution in [0.5, 0.6) is 11.5 Å². The monoisotopic (exact) mass is 454 g/mol. The van der Waals surface area contributed by atoms with Crippen LogP contribution in [0.1, 0.15) is 25.0 Å². The van der Waals surface area contributed by atoms with Crippen LogP contribution in [0.4, 0.5) is 0 Å². The van der Waals surface area contributed by atoms with E-state index in [1.54, 1.807) is 38.1 Å². The van der Waals surface area contributed by atoms with Crippen LogP contribution >= 0.6 is 15.2 Å². The molecule has 2 aromatic carbocycles. The second-order valence-corrected chi connectivity index (χ2v) is 9.30. The summed E-state index contributed by atoms with van der Waals surface area (Å²) in [5.41, 5.74) is 1.21. The molecule has 0 aliphatic carbocycles. The maximum Gasteiger partial charge on any atom is 2.00 e. The van der Waals surface area contributed by atoms with E-state index in [4.69, 9.17) is 10.2 Å². The van der Waals surface area contributed by atoms with Gasteiger partial charge in [-0.05, 0) is 49.2 Å². The summed E-state index contributed by atoms with van der Waals surface area (Å²) >= 11 is 0. The van der Waals surface area contributed by atoms with Crippen molar-refractivity contribution in [2.24, 2.45) is 0 Å². The summed E-state index contributed by atoms with van der Waals surface area (Å²) in [6.07, 6.45) is -0.276. The zero-order chi connectivity index (χ0) is 21.2. The molecule has 11 heteroatoms. The first-order valence-corrected chi connectivity index (χ1v) is 12.0. The van der Waals surface area contributed by atoms with E-state index in [1.165, 1.54) is 24.3 Å². The van der Waals surface area contributed by atoms with Gasteiger partial charge >= 0.3 is 23.1 Å². The number of phenolic OH excluding ortho intramolecular Hbond substituents is 2. The Morgan fingerprint density at radius 2 is 1.00 bits per heavy atom. The Labute approximate surface area is 186 Å². The van der Waals surface area contributed by atoms with Crippen molar-refractivity contribution >= 4 is 38.2 Å². The van der Waals surface area contributed by atoms with Crippen LogP contribution < -0.4 is 9.79 Å². The average Bonchev–Trinajstić information content (AvgIpc) is 2.59. The van der Waals surface area contributed by atoms with Gasteiger partial charge in [0.15, 0.2) is 0 Å². The van der Waals surface area contributed by atoms with Crippen molar-refractivity contribution in [1.29, 1.82) is 0 Å². The van der Waals surface area contributed by atoms with Gasteiger partial charge in [-0.2, -0.15) is 0 Å². The molecule has 0 spiro atoms. The third kappa shape index (κ3) is 12.4. The molecule has 2 rings (SSSR count). The van der Waals surface area contributed by atoms with Crippen molar-refractivity contribution in [3.05, 3.63) is 59.7 Å². The minimum absolute atomic E-state index is 0. The average molecular weight is 455 g/mol. The fraction of sp³-hybridized carbons (Fsp3) is 0.333. The van der Waals surface area contributed by atoms with Crippen molar-refractivity contribution in [1.82, 2.24) is 0 Å². The smallest absolute Gasteiger partial charge is 0.778 e. The zero-order valence-corrected chi connectivity index (χ0v) is 19.6. The van der Waals surface area contributed by atoms with E-state index < -0.39 is 15.2 Å². The van der Waals surface area contributed by atoms with Gasteiger partial charge in [0.25, 0.3) is 0 Å².